The summed E-state index contributed by atoms with van der Waals surface area (Å²) in [4.78, 5) is 31.7. The summed E-state index contributed by atoms with van der Waals surface area (Å²) < 4.78 is 31.1. The zero-order chi connectivity index (χ0) is 24.2. The number of halogens is 1. The number of rotatable bonds is 6. The molecule has 1 aromatic heterocycles. The van der Waals surface area contributed by atoms with E-state index in [0.29, 0.717) is 52.7 Å². The Labute approximate surface area is 199 Å². The molecule has 0 atom stereocenters. The van der Waals surface area contributed by atoms with Crippen molar-refractivity contribution in [2.45, 2.75) is 26.7 Å². The summed E-state index contributed by atoms with van der Waals surface area (Å²) >= 11 is -0.922. The number of aryl methyl sites for hydroxylation is 1. The second kappa shape index (κ2) is 10.4. The molecule has 2 heterocycles. The van der Waals surface area contributed by atoms with Crippen LogP contribution in [0.5, 0.6) is 0 Å². The number of anilines is 2. The molecule has 0 radical (unpaired) electrons. The number of carbonyl (C=O) groups excluding carboxylic acids is 2. The molecule has 8 nitrogen and oxygen atoms in total. The molecule has 1 aliphatic rings. The average molecular weight is 485 g/mol. The Balaban J connectivity index is 1.53. The molecule has 1 N–H and O–H groups in total. The molecular formula is C24H25FN4O4S. The van der Waals surface area contributed by atoms with E-state index in [9.17, 15) is 18.5 Å². The second-order valence-corrected chi connectivity index (χ2v) is 9.96. The summed E-state index contributed by atoms with van der Waals surface area (Å²) in [7, 11) is 0. The van der Waals surface area contributed by atoms with E-state index in [2.05, 4.69) is 15.5 Å². The van der Waals surface area contributed by atoms with Crippen molar-refractivity contribution in [3.8, 4) is 11.4 Å². The Morgan fingerprint density at radius 2 is 1.88 bits per heavy atom. The molecular weight excluding hydrogens is 459 g/mol. The number of nitrogens with zero attached hydrogens (tertiary/aromatic N) is 3. The highest BCUT2D eigenvalue weighted by Gasteiger charge is 2.33. The summed E-state index contributed by atoms with van der Waals surface area (Å²) in [5.41, 5.74) is 2.40. The predicted molar refractivity (Wildman–Crippen MR) is 127 cm³/mol. The predicted octanol–water partition coefficient (Wildman–Crippen LogP) is 3.62. The van der Waals surface area contributed by atoms with E-state index in [4.69, 9.17) is 4.52 Å². The van der Waals surface area contributed by atoms with Crippen LogP contribution in [-0.2, 0) is 20.8 Å². The van der Waals surface area contributed by atoms with Crippen molar-refractivity contribution in [3.05, 3.63) is 59.7 Å². The van der Waals surface area contributed by atoms with Crippen LogP contribution in [0.25, 0.3) is 11.4 Å². The zero-order valence-corrected chi connectivity index (χ0v) is 19.7. The lowest BCUT2D eigenvalue weighted by Crippen LogP contribution is -2.44. The Morgan fingerprint density at radius 3 is 2.53 bits per heavy atom. The fraction of sp³-hybridized carbons (Fsp3) is 0.333. The number of carbonyl (C=O) groups is 2. The van der Waals surface area contributed by atoms with Crippen LogP contribution in [0.1, 0.15) is 24.0 Å². The Hall–Kier alpha value is -3.24. The summed E-state index contributed by atoms with van der Waals surface area (Å²) in [6, 6.07) is 10.1. The molecule has 4 rings (SSSR count). The molecule has 0 spiro atoms. The lowest BCUT2D eigenvalue weighted by molar-refractivity contribution is -0.124. The molecule has 1 aliphatic heterocycles. The maximum Gasteiger partial charge on any atom is 0.244 e. The van der Waals surface area contributed by atoms with E-state index in [0.717, 1.165) is 5.56 Å². The van der Waals surface area contributed by atoms with E-state index in [1.807, 2.05) is 0 Å². The van der Waals surface area contributed by atoms with Crippen molar-refractivity contribution in [3.63, 3.8) is 0 Å². The maximum atomic E-state index is 14.7. The van der Waals surface area contributed by atoms with Gasteiger partial charge in [0.1, 0.15) is 23.9 Å². The average Bonchev–Trinajstić information content (AvgIpc) is 3.37. The summed E-state index contributed by atoms with van der Waals surface area (Å²) in [6.45, 7) is 2.98. The lowest BCUT2D eigenvalue weighted by Gasteiger charge is -2.30. The number of hydrogen-bond donors (Lipinski definition) is 1. The number of aromatic nitrogens is 2. The Morgan fingerprint density at radius 1 is 1.18 bits per heavy atom. The SMILES string of the molecule is Cc1ccc(N(CC(=O)Nc2ccc(-c3ncon3)cc2)C(=O)C2CC[S+]([O-])CC2)c(C)c1F. The first-order valence-electron chi connectivity index (χ1n) is 10.9. The minimum atomic E-state index is -0.922. The van der Waals surface area contributed by atoms with Gasteiger partial charge in [0, 0.05) is 35.6 Å². The third-order valence-corrected chi connectivity index (χ3v) is 7.32. The summed E-state index contributed by atoms with van der Waals surface area (Å²) in [5, 5.41) is 6.56. The smallest absolute Gasteiger partial charge is 0.244 e. The van der Waals surface area contributed by atoms with E-state index < -0.39 is 22.9 Å². The van der Waals surface area contributed by atoms with E-state index in [1.165, 1.54) is 11.3 Å². The topological polar surface area (TPSA) is 111 Å². The lowest BCUT2D eigenvalue weighted by atomic mass is 9.99. The molecule has 34 heavy (non-hydrogen) atoms. The molecule has 178 valence electrons. The van der Waals surface area contributed by atoms with Crippen LogP contribution in [0.15, 0.2) is 47.3 Å². The van der Waals surface area contributed by atoms with Gasteiger partial charge in [0.05, 0.1) is 5.69 Å². The number of nitrogens with one attached hydrogen (secondary N) is 1. The van der Waals surface area contributed by atoms with Crippen molar-refractivity contribution in [2.75, 3.05) is 28.3 Å². The Kier molecular flexibility index (Phi) is 7.28. The van der Waals surface area contributed by atoms with Gasteiger partial charge in [0.25, 0.3) is 0 Å². The minimum Gasteiger partial charge on any atom is -0.616 e. The molecule has 3 aromatic rings. The number of amides is 2. The van der Waals surface area contributed by atoms with Gasteiger partial charge in [-0.25, -0.2) is 4.39 Å². The maximum absolute atomic E-state index is 14.7. The third-order valence-electron chi connectivity index (χ3n) is 5.93. The molecule has 0 saturated carbocycles. The highest BCUT2D eigenvalue weighted by Crippen LogP contribution is 2.29. The highest BCUT2D eigenvalue weighted by atomic mass is 32.2. The summed E-state index contributed by atoms with van der Waals surface area (Å²) in [6.07, 6.45) is 2.19. The van der Waals surface area contributed by atoms with Crippen molar-refractivity contribution < 1.29 is 23.1 Å². The first-order chi connectivity index (χ1) is 16.3. The fourth-order valence-corrected chi connectivity index (χ4v) is 5.29. The van der Waals surface area contributed by atoms with Gasteiger partial charge < -0.3 is 19.3 Å². The van der Waals surface area contributed by atoms with Crippen LogP contribution < -0.4 is 10.2 Å². The van der Waals surface area contributed by atoms with Gasteiger partial charge in [-0.05, 0) is 49.7 Å². The van der Waals surface area contributed by atoms with E-state index in [1.54, 1.807) is 50.2 Å². The first-order valence-corrected chi connectivity index (χ1v) is 12.4. The minimum absolute atomic E-state index is 0.259. The molecule has 1 fully saturated rings. The van der Waals surface area contributed by atoms with Gasteiger partial charge in [-0.1, -0.05) is 22.4 Å². The van der Waals surface area contributed by atoms with Crippen LogP contribution in [0.3, 0.4) is 0 Å². The molecule has 0 bridgehead atoms. The third kappa shape index (κ3) is 5.28. The normalized spacial score (nSPS) is 17.9. The quantitative estimate of drug-likeness (QED) is 0.535. The zero-order valence-electron chi connectivity index (χ0n) is 18.9. The van der Waals surface area contributed by atoms with Crippen LogP contribution in [0.2, 0.25) is 0 Å². The van der Waals surface area contributed by atoms with Gasteiger partial charge >= 0.3 is 0 Å². The number of hydrogen-bond acceptors (Lipinski definition) is 6. The van der Waals surface area contributed by atoms with Crippen LogP contribution >= 0.6 is 0 Å². The van der Waals surface area contributed by atoms with E-state index >= 15 is 0 Å². The van der Waals surface area contributed by atoms with Gasteiger partial charge in [0.2, 0.25) is 24.0 Å². The van der Waals surface area contributed by atoms with Crippen LogP contribution in [0.4, 0.5) is 15.8 Å². The van der Waals surface area contributed by atoms with E-state index in [-0.39, 0.29) is 18.4 Å². The largest absolute Gasteiger partial charge is 0.616 e. The first kappa shape index (κ1) is 23.9. The van der Waals surface area contributed by atoms with Crippen molar-refractivity contribution in [1.82, 2.24) is 10.1 Å². The molecule has 2 amide bonds. The second-order valence-electron chi connectivity index (χ2n) is 8.27. The van der Waals surface area contributed by atoms with Crippen molar-refractivity contribution in [1.29, 1.82) is 0 Å². The molecule has 1 saturated heterocycles. The molecule has 2 aromatic carbocycles. The standard InChI is InChI=1S/C24H25FN4O4S/c1-15-3-8-20(16(2)22(15)25)29(24(31)18-9-11-34(32)12-10-18)13-21(30)27-19-6-4-17(5-7-19)23-26-14-33-28-23/h3-8,14,18H,9-13H2,1-2H3,(H,27,30). The Bertz CT molecular complexity index is 1160. The molecule has 10 heteroatoms. The summed E-state index contributed by atoms with van der Waals surface area (Å²) in [5.74, 6) is -0.110. The van der Waals surface area contributed by atoms with Crippen molar-refractivity contribution >= 4 is 34.4 Å². The fourth-order valence-electron chi connectivity index (χ4n) is 3.99. The monoisotopic (exact) mass is 484 g/mol. The van der Waals surface area contributed by atoms with Gasteiger partial charge in [-0.3, -0.25) is 9.59 Å². The highest BCUT2D eigenvalue weighted by molar-refractivity contribution is 7.91. The molecule has 0 aliphatic carbocycles. The van der Waals surface area contributed by atoms with Gasteiger partial charge in [-0.2, -0.15) is 4.98 Å². The van der Waals surface area contributed by atoms with Crippen LogP contribution in [0, 0.1) is 25.6 Å². The van der Waals surface area contributed by atoms with Gasteiger partial charge in [0.15, 0.2) is 0 Å². The van der Waals surface area contributed by atoms with Crippen molar-refractivity contribution in [2.24, 2.45) is 5.92 Å². The molecule has 0 unspecified atom stereocenters. The number of benzene rings is 2. The van der Waals surface area contributed by atoms with Crippen LogP contribution in [-0.4, -0.2) is 44.6 Å². The van der Waals surface area contributed by atoms with Gasteiger partial charge in [-0.15, -0.1) is 0 Å².